The summed E-state index contributed by atoms with van der Waals surface area (Å²) in [6, 6.07) is 0. The van der Waals surface area contributed by atoms with Crippen LogP contribution in [0.3, 0.4) is 0 Å². The van der Waals surface area contributed by atoms with E-state index in [-0.39, 0.29) is 23.4 Å². The molecule has 0 aromatic carbocycles. The molecule has 0 radical (unpaired) electrons. The predicted molar refractivity (Wildman–Crippen MR) is 97.7 cm³/mol. The van der Waals surface area contributed by atoms with E-state index in [0.29, 0.717) is 49.1 Å². The second kappa shape index (κ2) is 6.28. The van der Waals surface area contributed by atoms with E-state index in [1.807, 2.05) is 0 Å². The van der Waals surface area contributed by atoms with Crippen LogP contribution in [0.15, 0.2) is 0 Å². The van der Waals surface area contributed by atoms with Crippen molar-refractivity contribution in [2.24, 2.45) is 35.0 Å². The van der Waals surface area contributed by atoms with Gasteiger partial charge >= 0.3 is 5.97 Å². The average Bonchev–Trinajstić information content (AvgIpc) is 3.21. The summed E-state index contributed by atoms with van der Waals surface area (Å²) in [5.74, 6) is 2.23. The Morgan fingerprint density at radius 3 is 2.56 bits per heavy atom. The lowest BCUT2D eigenvalue weighted by atomic mass is 9.49. The van der Waals surface area contributed by atoms with E-state index in [4.69, 9.17) is 14.2 Å². The van der Waals surface area contributed by atoms with Crippen LogP contribution in [0.5, 0.6) is 0 Å². The first-order valence-electron chi connectivity index (χ1n) is 10.9. The van der Waals surface area contributed by atoms with Gasteiger partial charge in [-0.05, 0) is 55.8 Å². The van der Waals surface area contributed by atoms with Crippen LogP contribution in [-0.4, -0.2) is 36.9 Å². The molecule has 5 aliphatic rings. The molecule has 1 spiro atoms. The van der Waals surface area contributed by atoms with Crippen molar-refractivity contribution in [1.29, 1.82) is 0 Å². The first-order chi connectivity index (χ1) is 12.9. The molecule has 4 saturated carbocycles. The summed E-state index contributed by atoms with van der Waals surface area (Å²) in [4.78, 5) is 23.9. The third-order valence-corrected chi connectivity index (χ3v) is 8.85. The summed E-state index contributed by atoms with van der Waals surface area (Å²) in [6.45, 7) is 5.16. The predicted octanol–water partition coefficient (Wildman–Crippen LogP) is 3.49. The van der Waals surface area contributed by atoms with Gasteiger partial charge < -0.3 is 14.2 Å². The van der Waals surface area contributed by atoms with Crippen LogP contribution in [0.25, 0.3) is 0 Å². The molecule has 5 fully saturated rings. The van der Waals surface area contributed by atoms with Crippen LogP contribution in [0.2, 0.25) is 0 Å². The molecule has 5 nitrogen and oxygen atoms in total. The highest BCUT2D eigenvalue weighted by Gasteiger charge is 2.64. The summed E-state index contributed by atoms with van der Waals surface area (Å²) in [5, 5.41) is 0. The maximum absolute atomic E-state index is 12.2. The number of fused-ring (bicyclic) bond motifs is 6. The second-order valence-corrected chi connectivity index (χ2v) is 9.92. The Kier molecular flexibility index (Phi) is 4.21. The highest BCUT2D eigenvalue weighted by molar-refractivity contribution is 5.79. The molecule has 5 heteroatoms. The van der Waals surface area contributed by atoms with Crippen molar-refractivity contribution in [3.63, 3.8) is 0 Å². The van der Waals surface area contributed by atoms with Crippen molar-refractivity contribution in [3.8, 4) is 0 Å². The maximum atomic E-state index is 12.2. The Hall–Kier alpha value is -0.940. The number of ketones is 1. The van der Waals surface area contributed by atoms with Crippen LogP contribution in [-0.2, 0) is 23.8 Å². The van der Waals surface area contributed by atoms with Gasteiger partial charge in [-0.3, -0.25) is 9.59 Å². The SMILES string of the molecule is CC(=O)O[C@H]1CC[C@H]2[C@@H]3CC4(OCCO4)[C@H]4CC(=O)CC[C@@H]4[C@H]3CC[C@]12C. The molecular formula is C22H32O5. The third-order valence-electron chi connectivity index (χ3n) is 8.85. The molecule has 150 valence electrons. The molecule has 4 aliphatic carbocycles. The van der Waals surface area contributed by atoms with Crippen molar-refractivity contribution < 1.29 is 23.8 Å². The van der Waals surface area contributed by atoms with Gasteiger partial charge in [0.1, 0.15) is 11.9 Å². The Morgan fingerprint density at radius 1 is 1.04 bits per heavy atom. The van der Waals surface area contributed by atoms with Crippen LogP contribution in [0.1, 0.15) is 65.2 Å². The molecule has 0 aromatic rings. The highest BCUT2D eigenvalue weighted by atomic mass is 16.7. The molecule has 0 unspecified atom stereocenters. The van der Waals surface area contributed by atoms with Gasteiger partial charge in [-0.25, -0.2) is 0 Å². The minimum absolute atomic E-state index is 0.0490. The zero-order chi connectivity index (χ0) is 18.8. The van der Waals surface area contributed by atoms with E-state index in [1.165, 1.54) is 13.3 Å². The van der Waals surface area contributed by atoms with Crippen LogP contribution in [0.4, 0.5) is 0 Å². The molecule has 7 atom stereocenters. The van der Waals surface area contributed by atoms with Gasteiger partial charge in [0, 0.05) is 37.5 Å². The third kappa shape index (κ3) is 2.64. The highest BCUT2D eigenvalue weighted by Crippen LogP contribution is 2.65. The molecule has 1 heterocycles. The fourth-order valence-electron chi connectivity index (χ4n) is 7.79. The van der Waals surface area contributed by atoms with Crippen LogP contribution < -0.4 is 0 Å². The van der Waals surface area contributed by atoms with Crippen molar-refractivity contribution in [3.05, 3.63) is 0 Å². The summed E-state index contributed by atoms with van der Waals surface area (Å²) in [6.07, 6.45) is 7.73. The molecule has 5 rings (SSSR count). The van der Waals surface area contributed by atoms with Crippen LogP contribution >= 0.6 is 0 Å². The number of hydrogen-bond acceptors (Lipinski definition) is 5. The first kappa shape index (κ1) is 18.1. The summed E-state index contributed by atoms with van der Waals surface area (Å²) in [7, 11) is 0. The fraction of sp³-hybridized carbons (Fsp3) is 0.909. The number of ether oxygens (including phenoxy) is 3. The largest absolute Gasteiger partial charge is 0.462 e. The molecule has 1 saturated heterocycles. The smallest absolute Gasteiger partial charge is 0.302 e. The average molecular weight is 376 g/mol. The number of hydrogen-bond donors (Lipinski definition) is 0. The number of Topliss-reactive ketones (excluding diaryl/α,β-unsaturated/α-hetero) is 1. The number of carbonyl (C=O) groups is 2. The van der Waals surface area contributed by atoms with E-state index in [0.717, 1.165) is 38.5 Å². The van der Waals surface area contributed by atoms with Gasteiger partial charge in [-0.1, -0.05) is 6.92 Å². The van der Waals surface area contributed by atoms with E-state index < -0.39 is 5.79 Å². The zero-order valence-electron chi connectivity index (χ0n) is 16.6. The van der Waals surface area contributed by atoms with Crippen molar-refractivity contribution in [1.82, 2.24) is 0 Å². The van der Waals surface area contributed by atoms with Gasteiger partial charge in [0.2, 0.25) is 0 Å². The minimum Gasteiger partial charge on any atom is -0.462 e. The molecular weight excluding hydrogens is 344 g/mol. The number of esters is 1. The Bertz CT molecular complexity index is 639. The quantitative estimate of drug-likeness (QED) is 0.656. The summed E-state index contributed by atoms with van der Waals surface area (Å²) >= 11 is 0. The first-order valence-corrected chi connectivity index (χ1v) is 10.9. The number of rotatable bonds is 1. The standard InChI is InChI=1S/C22H32O5/c1-13(23)27-20-6-5-18-17-12-22(25-9-10-26-22)19-11-14(24)3-4-16(19)15(17)7-8-21(18,20)2/h15-20H,3-12H2,1-2H3/t15-,16-,17-,18+,19+,20+,21+/m1/s1. The lowest BCUT2D eigenvalue weighted by Gasteiger charge is -2.59. The summed E-state index contributed by atoms with van der Waals surface area (Å²) in [5.41, 5.74) is 0.0734. The van der Waals surface area contributed by atoms with Crippen molar-refractivity contribution in [2.75, 3.05) is 13.2 Å². The monoisotopic (exact) mass is 376 g/mol. The number of carbonyl (C=O) groups excluding carboxylic acids is 2. The normalized spacial score (nSPS) is 48.0. The summed E-state index contributed by atoms with van der Waals surface area (Å²) < 4.78 is 18.3. The molecule has 1 aliphatic heterocycles. The molecule has 0 N–H and O–H groups in total. The minimum atomic E-state index is -0.542. The lowest BCUT2D eigenvalue weighted by molar-refractivity contribution is -0.266. The van der Waals surface area contributed by atoms with E-state index in [1.54, 1.807) is 0 Å². The van der Waals surface area contributed by atoms with Gasteiger partial charge in [0.25, 0.3) is 0 Å². The molecule has 0 aromatic heterocycles. The fourth-order valence-corrected chi connectivity index (χ4v) is 7.79. The second-order valence-electron chi connectivity index (χ2n) is 9.92. The van der Waals surface area contributed by atoms with E-state index >= 15 is 0 Å². The van der Waals surface area contributed by atoms with Crippen LogP contribution in [0, 0.1) is 35.0 Å². The Labute approximate surface area is 161 Å². The molecule has 27 heavy (non-hydrogen) atoms. The van der Waals surface area contributed by atoms with Gasteiger partial charge in [-0.15, -0.1) is 0 Å². The zero-order valence-corrected chi connectivity index (χ0v) is 16.6. The maximum Gasteiger partial charge on any atom is 0.302 e. The van der Waals surface area contributed by atoms with Crippen molar-refractivity contribution in [2.45, 2.75) is 77.1 Å². The lowest BCUT2D eigenvalue weighted by Crippen LogP contribution is -2.59. The van der Waals surface area contributed by atoms with Gasteiger partial charge in [0.05, 0.1) is 13.2 Å². The Morgan fingerprint density at radius 2 is 1.81 bits per heavy atom. The van der Waals surface area contributed by atoms with E-state index in [2.05, 4.69) is 6.92 Å². The molecule has 0 amide bonds. The van der Waals surface area contributed by atoms with Gasteiger partial charge in [-0.2, -0.15) is 0 Å². The van der Waals surface area contributed by atoms with Gasteiger partial charge in [0.15, 0.2) is 5.79 Å². The van der Waals surface area contributed by atoms with E-state index in [9.17, 15) is 9.59 Å². The topological polar surface area (TPSA) is 61.8 Å². The van der Waals surface area contributed by atoms with Crippen molar-refractivity contribution >= 4 is 11.8 Å². The Balaban J connectivity index is 1.47. The molecule has 0 bridgehead atoms.